The third-order valence-corrected chi connectivity index (χ3v) is 5.93. The van der Waals surface area contributed by atoms with Gasteiger partial charge >= 0.3 is 9.15 Å². The zero-order valence-corrected chi connectivity index (χ0v) is 12.7. The Kier molecular flexibility index (Phi) is 4.81. The Morgan fingerprint density at radius 2 is 1.25 bits per heavy atom. The largest absolute Gasteiger partial charge is 0.399 e. The molecule has 4 N–H and O–H groups in total. The van der Waals surface area contributed by atoms with E-state index in [1.165, 1.54) is 0 Å². The van der Waals surface area contributed by atoms with Crippen molar-refractivity contribution < 1.29 is 12.0 Å². The SMILES string of the molecule is Nc1ccc(SOS(=O)(=O)Sc2ccc(N)cc2)cc1. The topological polar surface area (TPSA) is 95.4 Å². The molecule has 0 unspecified atom stereocenters. The highest BCUT2D eigenvalue weighted by Crippen LogP contribution is 2.32. The summed E-state index contributed by atoms with van der Waals surface area (Å²) in [4.78, 5) is 1.19. The molecule has 2 rings (SSSR count). The van der Waals surface area contributed by atoms with Crippen LogP contribution in [0.2, 0.25) is 0 Å². The fourth-order valence-electron chi connectivity index (χ4n) is 1.26. The molecule has 0 atom stereocenters. The Morgan fingerprint density at radius 3 is 1.75 bits per heavy atom. The maximum absolute atomic E-state index is 11.8. The van der Waals surface area contributed by atoms with Crippen LogP contribution in [0.4, 0.5) is 11.4 Å². The Labute approximate surface area is 125 Å². The molecule has 0 fully saturated rings. The highest BCUT2D eigenvalue weighted by molar-refractivity contribution is 8.71. The van der Waals surface area contributed by atoms with E-state index in [4.69, 9.17) is 15.1 Å². The van der Waals surface area contributed by atoms with Crippen molar-refractivity contribution in [3.63, 3.8) is 0 Å². The van der Waals surface area contributed by atoms with Gasteiger partial charge in [0.15, 0.2) is 0 Å². The van der Waals surface area contributed by atoms with Gasteiger partial charge in [0.2, 0.25) is 0 Å². The van der Waals surface area contributed by atoms with Crippen LogP contribution in [-0.2, 0) is 12.8 Å². The summed E-state index contributed by atoms with van der Waals surface area (Å²) >= 11 is 0.769. The number of rotatable bonds is 5. The number of anilines is 2. The van der Waals surface area contributed by atoms with Gasteiger partial charge < -0.3 is 11.5 Å². The summed E-state index contributed by atoms with van der Waals surface area (Å²) in [5, 5.41) is 0. The second-order valence-corrected chi connectivity index (χ2v) is 8.14. The molecule has 0 heterocycles. The van der Waals surface area contributed by atoms with Crippen LogP contribution in [0.25, 0.3) is 0 Å². The lowest BCUT2D eigenvalue weighted by Gasteiger charge is -2.04. The molecular formula is C12H12N2O3S3. The fraction of sp³-hybridized carbons (Fsp3) is 0. The highest BCUT2D eigenvalue weighted by atomic mass is 33.2. The van der Waals surface area contributed by atoms with Gasteiger partial charge in [-0.25, -0.2) is 0 Å². The first-order valence-corrected chi connectivity index (χ1v) is 8.94. The number of hydrogen-bond acceptors (Lipinski definition) is 7. The van der Waals surface area contributed by atoms with Crippen LogP contribution in [0, 0.1) is 0 Å². The van der Waals surface area contributed by atoms with Gasteiger partial charge in [-0.05, 0) is 48.5 Å². The third-order valence-electron chi connectivity index (χ3n) is 2.17. The summed E-state index contributed by atoms with van der Waals surface area (Å²) in [5.74, 6) is 0. The summed E-state index contributed by atoms with van der Waals surface area (Å²) in [6, 6.07) is 13.2. The van der Waals surface area contributed by atoms with Gasteiger partial charge in [-0.15, -0.1) is 0 Å². The van der Waals surface area contributed by atoms with Crippen LogP contribution in [-0.4, -0.2) is 8.42 Å². The molecule has 0 amide bonds. The van der Waals surface area contributed by atoms with Gasteiger partial charge in [0, 0.05) is 32.0 Å². The van der Waals surface area contributed by atoms with Crippen LogP contribution in [0.1, 0.15) is 0 Å². The van der Waals surface area contributed by atoms with E-state index in [0.717, 1.165) is 12.0 Å². The van der Waals surface area contributed by atoms with E-state index in [2.05, 4.69) is 0 Å². The van der Waals surface area contributed by atoms with E-state index in [1.54, 1.807) is 48.5 Å². The van der Waals surface area contributed by atoms with Gasteiger partial charge in [-0.1, -0.05) is 0 Å². The van der Waals surface area contributed by atoms with Crippen LogP contribution in [0.3, 0.4) is 0 Å². The molecule has 0 aliphatic heterocycles. The molecule has 0 spiro atoms. The Hall–Kier alpha value is -1.35. The normalized spacial score (nSPS) is 11.4. The predicted molar refractivity (Wildman–Crippen MR) is 83.4 cm³/mol. The smallest absolute Gasteiger partial charge is 0.337 e. The number of nitrogen functional groups attached to an aromatic ring is 2. The third kappa shape index (κ3) is 4.64. The minimum Gasteiger partial charge on any atom is -0.399 e. The molecule has 0 saturated carbocycles. The second kappa shape index (κ2) is 6.40. The minimum atomic E-state index is -3.75. The monoisotopic (exact) mass is 328 g/mol. The van der Waals surface area contributed by atoms with Crippen molar-refractivity contribution in [1.29, 1.82) is 0 Å². The average molecular weight is 328 g/mol. The molecule has 106 valence electrons. The lowest BCUT2D eigenvalue weighted by molar-refractivity contribution is 0.537. The average Bonchev–Trinajstić information content (AvgIpc) is 2.41. The van der Waals surface area contributed by atoms with Crippen LogP contribution in [0.5, 0.6) is 0 Å². The lowest BCUT2D eigenvalue weighted by Crippen LogP contribution is -1.94. The number of benzene rings is 2. The van der Waals surface area contributed by atoms with Crippen LogP contribution in [0.15, 0.2) is 58.3 Å². The molecular weight excluding hydrogens is 316 g/mol. The zero-order valence-electron chi connectivity index (χ0n) is 10.2. The van der Waals surface area contributed by atoms with Crippen molar-refractivity contribution in [2.75, 3.05) is 11.5 Å². The molecule has 0 aromatic heterocycles. The molecule has 0 aliphatic carbocycles. The van der Waals surface area contributed by atoms with E-state index in [9.17, 15) is 8.42 Å². The first-order valence-electron chi connectivity index (χ1n) is 5.46. The van der Waals surface area contributed by atoms with E-state index in [0.29, 0.717) is 32.0 Å². The van der Waals surface area contributed by atoms with E-state index < -0.39 is 9.15 Å². The summed E-state index contributed by atoms with van der Waals surface area (Å²) in [6.45, 7) is 0. The van der Waals surface area contributed by atoms with Crippen molar-refractivity contribution in [1.82, 2.24) is 0 Å². The maximum Gasteiger partial charge on any atom is 0.337 e. The molecule has 2 aromatic carbocycles. The molecule has 0 bridgehead atoms. The van der Waals surface area contributed by atoms with Crippen LogP contribution >= 0.6 is 22.8 Å². The van der Waals surface area contributed by atoms with E-state index in [-0.39, 0.29) is 0 Å². The van der Waals surface area contributed by atoms with Crippen molar-refractivity contribution in [3.8, 4) is 0 Å². The lowest BCUT2D eigenvalue weighted by atomic mass is 10.3. The Bertz CT molecular complexity index is 670. The molecule has 0 radical (unpaired) electrons. The van der Waals surface area contributed by atoms with Gasteiger partial charge in [0.25, 0.3) is 0 Å². The maximum atomic E-state index is 11.8. The molecule has 8 heteroatoms. The van der Waals surface area contributed by atoms with Gasteiger partial charge in [0.05, 0.1) is 12.0 Å². The number of nitrogens with two attached hydrogens (primary N) is 2. The summed E-state index contributed by atoms with van der Waals surface area (Å²) < 4.78 is 28.4. The fourth-order valence-corrected chi connectivity index (χ4v) is 4.29. The summed E-state index contributed by atoms with van der Waals surface area (Å²) in [6.07, 6.45) is 0. The number of hydrogen-bond donors (Lipinski definition) is 2. The van der Waals surface area contributed by atoms with Gasteiger partial charge in [0.1, 0.15) is 0 Å². The molecule has 20 heavy (non-hydrogen) atoms. The van der Waals surface area contributed by atoms with Crippen LogP contribution < -0.4 is 11.5 Å². The quantitative estimate of drug-likeness (QED) is 0.495. The summed E-state index contributed by atoms with van der Waals surface area (Å²) in [5.41, 5.74) is 12.3. The van der Waals surface area contributed by atoms with Crippen molar-refractivity contribution >= 4 is 43.4 Å². The first kappa shape index (κ1) is 15.0. The van der Waals surface area contributed by atoms with Crippen molar-refractivity contribution in [2.24, 2.45) is 0 Å². The van der Waals surface area contributed by atoms with Gasteiger partial charge in [-0.2, -0.15) is 12.0 Å². The van der Waals surface area contributed by atoms with Crippen molar-refractivity contribution in [2.45, 2.75) is 9.79 Å². The predicted octanol–water partition coefficient (Wildman–Crippen LogP) is 2.91. The zero-order chi connectivity index (χ0) is 14.6. The van der Waals surface area contributed by atoms with E-state index in [1.807, 2.05) is 0 Å². The second-order valence-electron chi connectivity index (χ2n) is 3.78. The molecule has 0 saturated heterocycles. The first-order chi connectivity index (χ1) is 9.44. The highest BCUT2D eigenvalue weighted by Gasteiger charge is 2.15. The minimum absolute atomic E-state index is 0.539. The van der Waals surface area contributed by atoms with E-state index >= 15 is 0 Å². The van der Waals surface area contributed by atoms with Gasteiger partial charge in [-0.3, -0.25) is 0 Å². The summed E-state index contributed by atoms with van der Waals surface area (Å²) in [7, 11) is -3.12. The standard InChI is InChI=1S/C12H12N2O3S3/c13-9-1-5-11(6-2-9)18-17-20(15,16)19-12-7-3-10(14)4-8-12/h1-8H,13-14H2. The molecule has 0 aliphatic rings. The molecule has 5 nitrogen and oxygen atoms in total. The molecule has 2 aromatic rings. The Balaban J connectivity index is 1.97. The Morgan fingerprint density at radius 1 is 0.800 bits per heavy atom. The van der Waals surface area contributed by atoms with Crippen molar-refractivity contribution in [3.05, 3.63) is 48.5 Å².